The van der Waals surface area contributed by atoms with Gasteiger partial charge in [-0.2, -0.15) is 0 Å². The number of aromatic nitrogens is 2. The predicted octanol–water partition coefficient (Wildman–Crippen LogP) is 2.95. The Balaban J connectivity index is 2.56. The summed E-state index contributed by atoms with van der Waals surface area (Å²) in [7, 11) is 0. The van der Waals surface area contributed by atoms with Crippen LogP contribution in [0.2, 0.25) is 0 Å². The summed E-state index contributed by atoms with van der Waals surface area (Å²) in [5.41, 5.74) is 2.05. The number of carbonyl (C=O) groups is 1. The molecule has 0 fully saturated rings. The lowest BCUT2D eigenvalue weighted by molar-refractivity contribution is 0.0691. The van der Waals surface area contributed by atoms with Crippen LogP contribution in [0.1, 0.15) is 21.9 Å². The highest BCUT2D eigenvalue weighted by molar-refractivity contribution is 9.10. The van der Waals surface area contributed by atoms with Gasteiger partial charge >= 0.3 is 5.97 Å². The van der Waals surface area contributed by atoms with Gasteiger partial charge in [-0.15, -0.1) is 0 Å². The first-order valence-corrected chi connectivity index (χ1v) is 5.84. The summed E-state index contributed by atoms with van der Waals surface area (Å²) in [4.78, 5) is 14.9. The first kappa shape index (κ1) is 11.9. The Kier molecular flexibility index (Phi) is 3.02. The monoisotopic (exact) mass is 294 g/mol. The minimum atomic E-state index is -1.01. The van der Waals surface area contributed by atoms with Crippen LogP contribution in [0.15, 0.2) is 28.9 Å². The Morgan fingerprint density at radius 3 is 2.65 bits per heavy atom. The van der Waals surface area contributed by atoms with Gasteiger partial charge in [0, 0.05) is 16.4 Å². The molecule has 0 saturated carbocycles. The molecule has 1 aromatic carbocycles. The zero-order valence-electron chi connectivity index (χ0n) is 9.44. The normalized spacial score (nSPS) is 10.5. The molecule has 5 heteroatoms. The minimum absolute atomic E-state index is 0.0600. The number of hydrogen-bond acceptors (Lipinski definition) is 2. The second-order valence-electron chi connectivity index (χ2n) is 3.78. The number of halogens is 1. The molecule has 0 radical (unpaired) electrons. The van der Waals surface area contributed by atoms with Gasteiger partial charge < -0.3 is 9.67 Å². The van der Waals surface area contributed by atoms with Crippen molar-refractivity contribution in [1.29, 1.82) is 0 Å². The number of carboxylic acids is 1. The predicted molar refractivity (Wildman–Crippen MR) is 67.7 cm³/mol. The second-order valence-corrected chi connectivity index (χ2v) is 4.69. The molecule has 0 atom stereocenters. The van der Waals surface area contributed by atoms with E-state index in [9.17, 15) is 4.79 Å². The maximum absolute atomic E-state index is 10.9. The van der Waals surface area contributed by atoms with Crippen molar-refractivity contribution >= 4 is 21.9 Å². The topological polar surface area (TPSA) is 55.1 Å². The van der Waals surface area contributed by atoms with E-state index in [-0.39, 0.29) is 5.69 Å². The van der Waals surface area contributed by atoms with Gasteiger partial charge in [0.1, 0.15) is 5.82 Å². The van der Waals surface area contributed by atoms with E-state index >= 15 is 0 Å². The Morgan fingerprint density at radius 1 is 1.41 bits per heavy atom. The Bertz CT molecular complexity index is 590. The smallest absolute Gasteiger partial charge is 0.356 e. The number of benzene rings is 1. The highest BCUT2D eigenvalue weighted by atomic mass is 79.9. The van der Waals surface area contributed by atoms with Crippen molar-refractivity contribution in [3.63, 3.8) is 0 Å². The zero-order chi connectivity index (χ0) is 12.6. The van der Waals surface area contributed by atoms with Crippen molar-refractivity contribution in [2.45, 2.75) is 13.8 Å². The molecule has 0 amide bonds. The van der Waals surface area contributed by atoms with Crippen LogP contribution in [0.25, 0.3) is 5.69 Å². The summed E-state index contributed by atoms with van der Waals surface area (Å²) in [5, 5.41) is 8.90. The van der Waals surface area contributed by atoms with Gasteiger partial charge in [0.25, 0.3) is 0 Å². The van der Waals surface area contributed by atoms with Gasteiger partial charge in [0.15, 0.2) is 5.69 Å². The fourth-order valence-corrected chi connectivity index (χ4v) is 2.18. The van der Waals surface area contributed by atoms with E-state index < -0.39 is 5.97 Å². The number of imidazole rings is 1. The Labute approximate surface area is 107 Å². The maximum atomic E-state index is 10.9. The summed E-state index contributed by atoms with van der Waals surface area (Å²) in [5.74, 6) is -0.352. The van der Waals surface area contributed by atoms with Crippen LogP contribution >= 0.6 is 15.9 Å². The fourth-order valence-electron chi connectivity index (χ4n) is 1.71. The molecular formula is C12H11BrN2O2. The largest absolute Gasteiger partial charge is 0.476 e. The highest BCUT2D eigenvalue weighted by Gasteiger charge is 2.12. The average Bonchev–Trinajstić information content (AvgIpc) is 2.61. The number of rotatable bonds is 2. The number of carboxylic acid groups (broad SMARTS) is 1. The molecule has 88 valence electrons. The summed E-state index contributed by atoms with van der Waals surface area (Å²) < 4.78 is 2.78. The van der Waals surface area contributed by atoms with Crippen LogP contribution in [-0.2, 0) is 0 Å². The van der Waals surface area contributed by atoms with E-state index in [1.54, 1.807) is 11.5 Å². The van der Waals surface area contributed by atoms with Crippen molar-refractivity contribution in [2.24, 2.45) is 0 Å². The zero-order valence-corrected chi connectivity index (χ0v) is 11.0. The molecule has 2 aromatic rings. The van der Waals surface area contributed by atoms with Crippen molar-refractivity contribution in [2.75, 3.05) is 0 Å². The summed E-state index contributed by atoms with van der Waals surface area (Å²) >= 11 is 3.40. The molecular weight excluding hydrogens is 284 g/mol. The van der Waals surface area contributed by atoms with Crippen LogP contribution in [0.4, 0.5) is 0 Å². The second kappa shape index (κ2) is 4.33. The number of nitrogens with zero attached hydrogens (tertiary/aromatic N) is 2. The third kappa shape index (κ3) is 2.24. The molecule has 0 unspecified atom stereocenters. The van der Waals surface area contributed by atoms with Crippen LogP contribution in [0, 0.1) is 13.8 Å². The molecule has 0 spiro atoms. The molecule has 0 bridgehead atoms. The fraction of sp³-hybridized carbons (Fsp3) is 0.167. The summed E-state index contributed by atoms with van der Waals surface area (Å²) in [6.45, 7) is 3.76. The lowest BCUT2D eigenvalue weighted by Crippen LogP contribution is -1.98. The lowest BCUT2D eigenvalue weighted by Gasteiger charge is -2.08. The molecule has 0 saturated heterocycles. The molecule has 1 aromatic heterocycles. The molecule has 0 aliphatic rings. The van der Waals surface area contributed by atoms with Crippen LogP contribution in [0.5, 0.6) is 0 Å². The molecule has 0 aliphatic carbocycles. The molecule has 1 heterocycles. The molecule has 1 N–H and O–H groups in total. The van der Waals surface area contributed by atoms with Crippen molar-refractivity contribution in [3.8, 4) is 5.69 Å². The molecule has 4 nitrogen and oxygen atoms in total. The van der Waals surface area contributed by atoms with Crippen LogP contribution < -0.4 is 0 Å². The SMILES string of the molecule is Cc1cc(Br)ccc1-n1cc(C(=O)O)nc1C. The summed E-state index contributed by atoms with van der Waals surface area (Å²) in [6, 6.07) is 5.83. The number of hydrogen-bond donors (Lipinski definition) is 1. The number of aryl methyl sites for hydroxylation is 2. The molecule has 2 rings (SSSR count). The Morgan fingerprint density at radius 2 is 2.12 bits per heavy atom. The first-order chi connectivity index (χ1) is 7.99. The molecule has 17 heavy (non-hydrogen) atoms. The average molecular weight is 295 g/mol. The summed E-state index contributed by atoms with van der Waals surface area (Å²) in [6.07, 6.45) is 1.54. The van der Waals surface area contributed by atoms with E-state index in [4.69, 9.17) is 5.11 Å². The van der Waals surface area contributed by atoms with Gasteiger partial charge in [-0.25, -0.2) is 9.78 Å². The number of aromatic carboxylic acids is 1. The maximum Gasteiger partial charge on any atom is 0.356 e. The van der Waals surface area contributed by atoms with Gasteiger partial charge in [-0.3, -0.25) is 0 Å². The van der Waals surface area contributed by atoms with Crippen molar-refractivity contribution in [1.82, 2.24) is 9.55 Å². The van der Waals surface area contributed by atoms with Gasteiger partial charge in [0.05, 0.1) is 0 Å². The van der Waals surface area contributed by atoms with Crippen molar-refractivity contribution < 1.29 is 9.90 Å². The van der Waals surface area contributed by atoms with E-state index in [0.717, 1.165) is 15.7 Å². The standard InChI is InChI=1S/C12H11BrN2O2/c1-7-5-9(13)3-4-11(7)15-6-10(12(16)17)14-8(15)2/h3-6H,1-2H3,(H,16,17). The molecule has 0 aliphatic heterocycles. The first-order valence-electron chi connectivity index (χ1n) is 5.05. The van der Waals surface area contributed by atoms with Gasteiger partial charge in [0.2, 0.25) is 0 Å². The van der Waals surface area contributed by atoms with Gasteiger partial charge in [-0.05, 0) is 37.6 Å². The minimum Gasteiger partial charge on any atom is -0.476 e. The van der Waals surface area contributed by atoms with Crippen LogP contribution in [0.3, 0.4) is 0 Å². The van der Waals surface area contributed by atoms with Gasteiger partial charge in [-0.1, -0.05) is 15.9 Å². The third-order valence-corrected chi connectivity index (χ3v) is 3.01. The van der Waals surface area contributed by atoms with E-state index in [2.05, 4.69) is 20.9 Å². The van der Waals surface area contributed by atoms with E-state index in [1.165, 1.54) is 6.20 Å². The lowest BCUT2D eigenvalue weighted by atomic mass is 10.2. The third-order valence-electron chi connectivity index (χ3n) is 2.52. The Hall–Kier alpha value is -1.62. The quantitative estimate of drug-likeness (QED) is 0.926. The van der Waals surface area contributed by atoms with Crippen molar-refractivity contribution in [3.05, 3.63) is 46.0 Å². The van der Waals surface area contributed by atoms with E-state index in [0.29, 0.717) is 5.82 Å². The van der Waals surface area contributed by atoms with E-state index in [1.807, 2.05) is 25.1 Å². The van der Waals surface area contributed by atoms with Crippen LogP contribution in [-0.4, -0.2) is 20.6 Å². The highest BCUT2D eigenvalue weighted by Crippen LogP contribution is 2.21.